The van der Waals surface area contributed by atoms with Gasteiger partial charge >= 0.3 is 0 Å². The zero-order valence-corrected chi connectivity index (χ0v) is 13.1. The summed E-state index contributed by atoms with van der Waals surface area (Å²) < 4.78 is 7.46. The Kier molecular flexibility index (Phi) is 4.96. The van der Waals surface area contributed by atoms with Gasteiger partial charge in [-0.25, -0.2) is 4.68 Å². The average molecular weight is 289 g/mol. The van der Waals surface area contributed by atoms with Crippen LogP contribution in [0.4, 0.5) is 0 Å². The van der Waals surface area contributed by atoms with Crippen molar-refractivity contribution in [1.29, 1.82) is 0 Å². The van der Waals surface area contributed by atoms with E-state index in [1.807, 2.05) is 24.3 Å². The third kappa shape index (κ3) is 3.61. The number of hydrogen-bond donors (Lipinski definition) is 1. The molecule has 5 nitrogen and oxygen atoms in total. The highest BCUT2D eigenvalue weighted by Gasteiger charge is 2.16. The molecular formula is C16H23N3O2. The monoisotopic (exact) mass is 289 g/mol. The minimum atomic E-state index is -0.0942. The number of hydrogen-bond acceptors (Lipinski definition) is 4. The van der Waals surface area contributed by atoms with Crippen LogP contribution in [0, 0.1) is 5.92 Å². The molecule has 5 heteroatoms. The molecule has 0 saturated carbocycles. The Morgan fingerprint density at radius 1 is 1.14 bits per heavy atom. The van der Waals surface area contributed by atoms with E-state index in [1.165, 1.54) is 0 Å². The van der Waals surface area contributed by atoms with E-state index >= 15 is 0 Å². The Morgan fingerprint density at radius 2 is 1.81 bits per heavy atom. The number of aliphatic hydroxyl groups excluding tert-OH is 1. The van der Waals surface area contributed by atoms with E-state index in [2.05, 4.69) is 38.0 Å². The number of aliphatic hydroxyl groups is 1. The van der Waals surface area contributed by atoms with Crippen LogP contribution < -0.4 is 4.74 Å². The van der Waals surface area contributed by atoms with Gasteiger partial charge in [-0.3, -0.25) is 0 Å². The van der Waals surface area contributed by atoms with Gasteiger partial charge in [0.25, 0.3) is 0 Å². The lowest BCUT2D eigenvalue weighted by Crippen LogP contribution is -2.06. The van der Waals surface area contributed by atoms with Crippen LogP contribution in [0.5, 0.6) is 5.75 Å². The van der Waals surface area contributed by atoms with Crippen molar-refractivity contribution in [3.05, 3.63) is 35.7 Å². The molecule has 0 aliphatic carbocycles. The molecule has 1 heterocycles. The summed E-state index contributed by atoms with van der Waals surface area (Å²) in [7, 11) is 0. The molecule has 0 radical (unpaired) electrons. The molecule has 1 aromatic carbocycles. The van der Waals surface area contributed by atoms with Gasteiger partial charge in [-0.05, 0) is 36.1 Å². The predicted molar refractivity (Wildman–Crippen MR) is 81.7 cm³/mol. The van der Waals surface area contributed by atoms with Gasteiger partial charge < -0.3 is 9.84 Å². The van der Waals surface area contributed by atoms with Crippen LogP contribution in [-0.2, 0) is 6.61 Å². The summed E-state index contributed by atoms with van der Waals surface area (Å²) in [4.78, 5) is 0. The lowest BCUT2D eigenvalue weighted by atomic mass is 10.1. The van der Waals surface area contributed by atoms with Crippen LogP contribution in [0.3, 0.4) is 0 Å². The average Bonchev–Trinajstić information content (AvgIpc) is 2.89. The molecular weight excluding hydrogens is 266 g/mol. The molecule has 0 aliphatic heterocycles. The highest BCUT2D eigenvalue weighted by molar-refractivity contribution is 5.39. The first kappa shape index (κ1) is 15.5. The second-order valence-electron chi connectivity index (χ2n) is 5.84. The van der Waals surface area contributed by atoms with Gasteiger partial charge in [-0.2, -0.15) is 0 Å². The highest BCUT2D eigenvalue weighted by atomic mass is 16.5. The molecule has 21 heavy (non-hydrogen) atoms. The first-order valence-electron chi connectivity index (χ1n) is 7.31. The molecule has 0 bridgehead atoms. The van der Waals surface area contributed by atoms with E-state index < -0.39 is 0 Å². The first-order chi connectivity index (χ1) is 10.0. The number of ether oxygens (including phenoxy) is 1. The highest BCUT2D eigenvalue weighted by Crippen LogP contribution is 2.23. The summed E-state index contributed by atoms with van der Waals surface area (Å²) >= 11 is 0. The number of aromatic nitrogens is 3. The van der Waals surface area contributed by atoms with Crippen LogP contribution in [-0.4, -0.2) is 26.7 Å². The van der Waals surface area contributed by atoms with Crippen LogP contribution in [0.1, 0.15) is 45.0 Å². The van der Waals surface area contributed by atoms with Crippen molar-refractivity contribution in [3.63, 3.8) is 0 Å². The van der Waals surface area contributed by atoms with Gasteiger partial charge in [0, 0.05) is 0 Å². The Bertz CT molecular complexity index is 574. The maximum absolute atomic E-state index is 9.36. The second kappa shape index (κ2) is 6.72. The van der Waals surface area contributed by atoms with Gasteiger partial charge in [-0.1, -0.05) is 32.9 Å². The van der Waals surface area contributed by atoms with Crippen molar-refractivity contribution in [2.75, 3.05) is 6.61 Å². The molecule has 2 aromatic rings. The van der Waals surface area contributed by atoms with Crippen molar-refractivity contribution in [3.8, 4) is 11.4 Å². The predicted octanol–water partition coefficient (Wildman–Crippen LogP) is 2.92. The number of benzene rings is 1. The van der Waals surface area contributed by atoms with Crippen LogP contribution >= 0.6 is 0 Å². The normalized spacial score (nSPS) is 11.4. The Labute approximate surface area is 125 Å². The SMILES string of the molecule is CC(C)COc1ccc(-n2nnc(CO)c2C(C)C)cc1. The molecule has 0 saturated heterocycles. The van der Waals surface area contributed by atoms with E-state index in [1.54, 1.807) is 4.68 Å². The summed E-state index contributed by atoms with van der Waals surface area (Å²) in [6.45, 7) is 8.98. The summed E-state index contributed by atoms with van der Waals surface area (Å²) in [5.41, 5.74) is 2.49. The molecule has 0 aliphatic rings. The largest absolute Gasteiger partial charge is 0.493 e. The molecule has 0 fully saturated rings. The molecule has 114 valence electrons. The van der Waals surface area contributed by atoms with Gasteiger partial charge in [0.2, 0.25) is 0 Å². The van der Waals surface area contributed by atoms with Crippen molar-refractivity contribution < 1.29 is 9.84 Å². The van der Waals surface area contributed by atoms with E-state index in [4.69, 9.17) is 4.74 Å². The zero-order chi connectivity index (χ0) is 15.4. The summed E-state index contributed by atoms with van der Waals surface area (Å²) in [5.74, 6) is 1.58. The molecule has 0 unspecified atom stereocenters. The maximum Gasteiger partial charge on any atom is 0.119 e. The van der Waals surface area contributed by atoms with Crippen LogP contribution in [0.2, 0.25) is 0 Å². The molecule has 0 amide bonds. The van der Waals surface area contributed by atoms with Crippen molar-refractivity contribution >= 4 is 0 Å². The minimum absolute atomic E-state index is 0.0942. The first-order valence-corrected chi connectivity index (χ1v) is 7.31. The maximum atomic E-state index is 9.36. The molecule has 1 aromatic heterocycles. The molecule has 2 rings (SSSR count). The quantitative estimate of drug-likeness (QED) is 0.888. The zero-order valence-electron chi connectivity index (χ0n) is 13.1. The minimum Gasteiger partial charge on any atom is -0.493 e. The lowest BCUT2D eigenvalue weighted by molar-refractivity contribution is 0.271. The Morgan fingerprint density at radius 3 is 2.33 bits per heavy atom. The third-order valence-electron chi connectivity index (χ3n) is 3.14. The lowest BCUT2D eigenvalue weighted by Gasteiger charge is -2.12. The van der Waals surface area contributed by atoms with Crippen LogP contribution in [0.25, 0.3) is 5.69 Å². The standard InChI is InChI=1S/C16H23N3O2/c1-11(2)10-21-14-7-5-13(6-8-14)19-16(12(3)4)15(9-20)17-18-19/h5-8,11-12,20H,9-10H2,1-4H3. The molecule has 0 spiro atoms. The fourth-order valence-electron chi connectivity index (χ4n) is 2.15. The third-order valence-corrected chi connectivity index (χ3v) is 3.14. The summed E-state index contributed by atoms with van der Waals surface area (Å²) in [6, 6.07) is 7.78. The number of rotatable bonds is 6. The van der Waals surface area contributed by atoms with Gasteiger partial charge in [-0.15, -0.1) is 5.10 Å². The van der Waals surface area contributed by atoms with Crippen molar-refractivity contribution in [2.24, 2.45) is 5.92 Å². The van der Waals surface area contributed by atoms with E-state index in [9.17, 15) is 5.11 Å². The second-order valence-corrected chi connectivity index (χ2v) is 5.84. The van der Waals surface area contributed by atoms with Crippen molar-refractivity contribution in [2.45, 2.75) is 40.2 Å². The van der Waals surface area contributed by atoms with E-state index in [-0.39, 0.29) is 12.5 Å². The summed E-state index contributed by atoms with van der Waals surface area (Å²) in [5, 5.41) is 17.6. The van der Waals surface area contributed by atoms with Crippen LogP contribution in [0.15, 0.2) is 24.3 Å². The van der Waals surface area contributed by atoms with Crippen molar-refractivity contribution in [1.82, 2.24) is 15.0 Å². The molecule has 1 N–H and O–H groups in total. The summed E-state index contributed by atoms with van der Waals surface area (Å²) in [6.07, 6.45) is 0. The fraction of sp³-hybridized carbons (Fsp3) is 0.500. The topological polar surface area (TPSA) is 60.2 Å². The Balaban J connectivity index is 2.24. The number of nitrogens with zero attached hydrogens (tertiary/aromatic N) is 3. The van der Waals surface area contributed by atoms with Gasteiger partial charge in [0.1, 0.15) is 11.4 Å². The van der Waals surface area contributed by atoms with E-state index in [0.29, 0.717) is 18.2 Å². The Hall–Kier alpha value is -1.88. The smallest absolute Gasteiger partial charge is 0.119 e. The van der Waals surface area contributed by atoms with E-state index in [0.717, 1.165) is 17.1 Å². The van der Waals surface area contributed by atoms with Gasteiger partial charge in [0.15, 0.2) is 0 Å². The fourth-order valence-corrected chi connectivity index (χ4v) is 2.15. The van der Waals surface area contributed by atoms with Gasteiger partial charge in [0.05, 0.1) is 24.6 Å². The molecule has 0 atom stereocenters.